The van der Waals surface area contributed by atoms with Crippen LogP contribution >= 0.6 is 23.4 Å². The Morgan fingerprint density at radius 3 is 2.35 bits per heavy atom. The zero-order valence-corrected chi connectivity index (χ0v) is 25.3. The maximum atomic E-state index is 13.6. The number of nitrogens with zero attached hydrogens (tertiary/aromatic N) is 2. The molecule has 0 spiro atoms. The number of rotatable bonds is 11. The number of para-hydroxylation sites is 1. The summed E-state index contributed by atoms with van der Waals surface area (Å²) in [4.78, 5) is 32.3. The van der Waals surface area contributed by atoms with E-state index in [-0.39, 0.29) is 11.8 Å². The zero-order valence-electron chi connectivity index (χ0n) is 23.7. The van der Waals surface area contributed by atoms with E-state index in [0.29, 0.717) is 40.4 Å². The van der Waals surface area contributed by atoms with Crippen molar-refractivity contribution in [3.05, 3.63) is 99.4 Å². The molecule has 5 nitrogen and oxygen atoms in total. The molecule has 0 saturated carbocycles. The number of hydrogen-bond acceptors (Lipinski definition) is 4. The van der Waals surface area contributed by atoms with Crippen LogP contribution in [0.4, 0.5) is 5.69 Å². The number of anilines is 1. The molecule has 4 rings (SSSR count). The Labute approximate surface area is 247 Å². The van der Waals surface area contributed by atoms with Gasteiger partial charge in [0.15, 0.2) is 0 Å². The lowest BCUT2D eigenvalue weighted by molar-refractivity contribution is -0.114. The fraction of sp³-hybridized carbons (Fsp3) is 0.333. The predicted molar refractivity (Wildman–Crippen MR) is 168 cm³/mol. The summed E-state index contributed by atoms with van der Waals surface area (Å²) in [5.41, 5.74) is 3.34. The minimum absolute atomic E-state index is 0.0576. The van der Waals surface area contributed by atoms with Crippen molar-refractivity contribution in [3.63, 3.8) is 0 Å². The molecule has 0 aromatic heterocycles. The fourth-order valence-electron chi connectivity index (χ4n) is 4.84. The summed E-state index contributed by atoms with van der Waals surface area (Å²) in [6.07, 6.45) is 1.89. The maximum absolute atomic E-state index is 13.6. The molecular formula is C33H38ClN3O2S. The van der Waals surface area contributed by atoms with Gasteiger partial charge in [-0.15, -0.1) is 0 Å². The molecule has 1 aliphatic heterocycles. The summed E-state index contributed by atoms with van der Waals surface area (Å²) in [6, 6.07) is 22.9. The van der Waals surface area contributed by atoms with Crippen LogP contribution in [0.15, 0.2) is 82.6 Å². The van der Waals surface area contributed by atoms with E-state index in [4.69, 9.17) is 11.6 Å². The molecule has 2 amide bonds. The van der Waals surface area contributed by atoms with Crippen molar-refractivity contribution in [3.8, 4) is 0 Å². The minimum Gasteiger partial charge on any atom is -0.351 e. The van der Waals surface area contributed by atoms with E-state index in [1.165, 1.54) is 11.8 Å². The van der Waals surface area contributed by atoms with Crippen molar-refractivity contribution in [2.75, 3.05) is 31.1 Å². The summed E-state index contributed by atoms with van der Waals surface area (Å²) in [7, 11) is 0. The van der Waals surface area contributed by atoms with Crippen LogP contribution in [0.25, 0.3) is 6.08 Å². The molecule has 3 aromatic rings. The average molecular weight is 576 g/mol. The van der Waals surface area contributed by atoms with Crippen LogP contribution in [0.1, 0.15) is 49.2 Å². The van der Waals surface area contributed by atoms with Gasteiger partial charge in [-0.1, -0.05) is 87.5 Å². The van der Waals surface area contributed by atoms with Crippen LogP contribution in [0.5, 0.6) is 0 Å². The molecule has 0 saturated heterocycles. The maximum Gasteiger partial charge on any atom is 0.265 e. The molecule has 0 radical (unpaired) electrons. The molecule has 0 unspecified atom stereocenters. The van der Waals surface area contributed by atoms with Crippen LogP contribution < -0.4 is 10.2 Å². The SMILES string of the molecule is CC(C)CN(CCNC(=O)c1ccc(/C=C2/Sc3ccccc3N(Cc3cccc(Cl)c3)C2=O)cc1)CC(C)C. The second-order valence-corrected chi connectivity index (χ2v) is 12.5. The van der Waals surface area contributed by atoms with Crippen molar-refractivity contribution in [2.45, 2.75) is 39.1 Å². The van der Waals surface area contributed by atoms with Crippen LogP contribution in [-0.2, 0) is 11.3 Å². The lowest BCUT2D eigenvalue weighted by Crippen LogP contribution is -2.38. The first kappa shape index (κ1) is 29.9. The first-order valence-electron chi connectivity index (χ1n) is 13.8. The highest BCUT2D eigenvalue weighted by Crippen LogP contribution is 2.42. The zero-order chi connectivity index (χ0) is 28.6. The predicted octanol–water partition coefficient (Wildman–Crippen LogP) is 7.36. The topological polar surface area (TPSA) is 52.7 Å². The van der Waals surface area contributed by atoms with Gasteiger partial charge in [-0.2, -0.15) is 0 Å². The summed E-state index contributed by atoms with van der Waals surface area (Å²) in [6.45, 7) is 12.8. The number of amides is 2. The van der Waals surface area contributed by atoms with Crippen molar-refractivity contribution < 1.29 is 9.59 Å². The highest BCUT2D eigenvalue weighted by molar-refractivity contribution is 8.04. The Balaban J connectivity index is 1.43. The monoisotopic (exact) mass is 575 g/mol. The molecule has 7 heteroatoms. The fourth-order valence-corrected chi connectivity index (χ4v) is 6.11. The van der Waals surface area contributed by atoms with Gasteiger partial charge in [0.2, 0.25) is 0 Å². The normalized spacial score (nSPS) is 14.3. The average Bonchev–Trinajstić information content (AvgIpc) is 2.90. The lowest BCUT2D eigenvalue weighted by atomic mass is 10.1. The van der Waals surface area contributed by atoms with E-state index in [0.717, 1.165) is 41.3 Å². The third-order valence-electron chi connectivity index (χ3n) is 6.49. The molecule has 1 aliphatic rings. The number of carbonyl (C=O) groups excluding carboxylic acids is 2. The van der Waals surface area contributed by atoms with E-state index >= 15 is 0 Å². The summed E-state index contributed by atoms with van der Waals surface area (Å²) in [5, 5.41) is 3.70. The molecule has 3 aromatic carbocycles. The van der Waals surface area contributed by atoms with Gasteiger partial charge in [0.05, 0.1) is 17.1 Å². The largest absolute Gasteiger partial charge is 0.351 e. The summed E-state index contributed by atoms with van der Waals surface area (Å²) in [5.74, 6) is 1.03. The Bertz CT molecular complexity index is 1340. The summed E-state index contributed by atoms with van der Waals surface area (Å²) >= 11 is 7.67. The molecule has 1 N–H and O–H groups in total. The van der Waals surface area contributed by atoms with Gasteiger partial charge in [-0.05, 0) is 65.4 Å². The second-order valence-electron chi connectivity index (χ2n) is 11.0. The molecule has 0 fully saturated rings. The lowest BCUT2D eigenvalue weighted by Gasteiger charge is -2.30. The van der Waals surface area contributed by atoms with E-state index in [1.54, 1.807) is 4.90 Å². The smallest absolute Gasteiger partial charge is 0.265 e. The van der Waals surface area contributed by atoms with Crippen molar-refractivity contribution in [1.29, 1.82) is 0 Å². The molecule has 40 heavy (non-hydrogen) atoms. The number of carbonyl (C=O) groups is 2. The van der Waals surface area contributed by atoms with Crippen LogP contribution in [-0.4, -0.2) is 42.9 Å². The molecule has 1 heterocycles. The molecule has 210 valence electrons. The van der Waals surface area contributed by atoms with Crippen LogP contribution in [0.3, 0.4) is 0 Å². The number of fused-ring (bicyclic) bond motifs is 1. The third-order valence-corrected chi connectivity index (χ3v) is 7.81. The van der Waals surface area contributed by atoms with Gasteiger partial charge >= 0.3 is 0 Å². The first-order valence-corrected chi connectivity index (χ1v) is 15.0. The highest BCUT2D eigenvalue weighted by atomic mass is 35.5. The number of halogens is 1. The van der Waals surface area contributed by atoms with E-state index in [2.05, 4.69) is 37.9 Å². The van der Waals surface area contributed by atoms with Crippen LogP contribution in [0, 0.1) is 11.8 Å². The Hall–Kier alpha value is -3.06. The van der Waals surface area contributed by atoms with E-state index < -0.39 is 0 Å². The van der Waals surface area contributed by atoms with Gasteiger partial charge in [0, 0.05) is 41.7 Å². The first-order chi connectivity index (χ1) is 19.2. The Morgan fingerprint density at radius 1 is 0.975 bits per heavy atom. The number of hydrogen-bond donors (Lipinski definition) is 1. The van der Waals surface area contributed by atoms with Crippen molar-refractivity contribution in [1.82, 2.24) is 10.2 Å². The molecular weight excluding hydrogens is 538 g/mol. The minimum atomic E-state index is -0.0852. The Kier molecular flexibility index (Phi) is 10.5. The third kappa shape index (κ3) is 8.23. The highest BCUT2D eigenvalue weighted by Gasteiger charge is 2.29. The van der Waals surface area contributed by atoms with Gasteiger partial charge in [0.1, 0.15) is 0 Å². The number of thioether (sulfide) groups is 1. The van der Waals surface area contributed by atoms with Crippen molar-refractivity contribution in [2.24, 2.45) is 11.8 Å². The van der Waals surface area contributed by atoms with E-state index in [9.17, 15) is 9.59 Å². The van der Waals surface area contributed by atoms with Gasteiger partial charge in [-0.25, -0.2) is 0 Å². The number of benzene rings is 3. The molecule has 0 aliphatic carbocycles. The second kappa shape index (κ2) is 14.0. The van der Waals surface area contributed by atoms with Gasteiger partial charge in [-0.3, -0.25) is 9.59 Å². The van der Waals surface area contributed by atoms with Gasteiger partial charge in [0.25, 0.3) is 11.8 Å². The summed E-state index contributed by atoms with van der Waals surface area (Å²) < 4.78 is 0. The standard InChI is InChI=1S/C33H38ClN3O2S/c1-23(2)20-36(21-24(3)4)17-16-35-32(38)27-14-12-25(13-15-27)19-31-33(39)37(22-26-8-7-9-28(34)18-26)29-10-5-6-11-30(29)40-31/h5-15,18-19,23-24H,16-17,20-22H2,1-4H3,(H,35,38)/b31-19+. The molecule has 0 bridgehead atoms. The quantitative estimate of drug-likeness (QED) is 0.243. The van der Waals surface area contributed by atoms with Crippen LogP contribution in [0.2, 0.25) is 5.02 Å². The van der Waals surface area contributed by atoms with Crippen molar-refractivity contribution >= 4 is 46.9 Å². The number of nitrogens with one attached hydrogen (secondary N) is 1. The van der Waals surface area contributed by atoms with E-state index in [1.807, 2.05) is 78.9 Å². The Morgan fingerprint density at radius 2 is 1.68 bits per heavy atom. The van der Waals surface area contributed by atoms with Gasteiger partial charge < -0.3 is 15.1 Å². The molecule has 0 atom stereocenters.